The van der Waals surface area contributed by atoms with Gasteiger partial charge in [0.1, 0.15) is 6.61 Å². The Bertz CT molecular complexity index is 1000. The minimum atomic E-state index is -0.298. The number of amides is 2. The van der Waals surface area contributed by atoms with Crippen molar-refractivity contribution in [2.45, 2.75) is 20.5 Å². The minimum Gasteiger partial charge on any atom is -0.473 e. The van der Waals surface area contributed by atoms with Gasteiger partial charge in [-0.1, -0.05) is 36.4 Å². The van der Waals surface area contributed by atoms with E-state index in [4.69, 9.17) is 4.74 Å². The van der Waals surface area contributed by atoms with E-state index in [0.717, 1.165) is 11.1 Å². The molecule has 3 aromatic rings. The van der Waals surface area contributed by atoms with Gasteiger partial charge in [0.2, 0.25) is 5.88 Å². The Labute approximate surface area is 169 Å². The van der Waals surface area contributed by atoms with Crippen molar-refractivity contribution in [1.29, 1.82) is 0 Å². The molecule has 0 spiro atoms. The topological polar surface area (TPSA) is 80.3 Å². The largest absolute Gasteiger partial charge is 0.473 e. The summed E-state index contributed by atoms with van der Waals surface area (Å²) in [4.78, 5) is 28.9. The SMILES string of the molecule is CCNC(=O)c1ccc(C)c(NC(=O)c2ccnc(OCc3ccccc3)c2)c1. The van der Waals surface area contributed by atoms with Gasteiger partial charge in [0, 0.05) is 35.6 Å². The van der Waals surface area contributed by atoms with Crippen molar-refractivity contribution in [1.82, 2.24) is 10.3 Å². The number of pyridine rings is 1. The van der Waals surface area contributed by atoms with E-state index >= 15 is 0 Å². The number of benzene rings is 2. The van der Waals surface area contributed by atoms with Gasteiger partial charge in [-0.05, 0) is 43.2 Å². The van der Waals surface area contributed by atoms with Gasteiger partial charge in [-0.15, -0.1) is 0 Å². The van der Waals surface area contributed by atoms with Gasteiger partial charge < -0.3 is 15.4 Å². The van der Waals surface area contributed by atoms with E-state index in [-0.39, 0.29) is 11.8 Å². The first-order valence-corrected chi connectivity index (χ1v) is 9.40. The van der Waals surface area contributed by atoms with E-state index in [1.54, 1.807) is 30.3 Å². The van der Waals surface area contributed by atoms with Crippen LogP contribution in [-0.2, 0) is 6.61 Å². The molecule has 6 heteroatoms. The summed E-state index contributed by atoms with van der Waals surface area (Å²) >= 11 is 0. The van der Waals surface area contributed by atoms with Gasteiger partial charge in [0.05, 0.1) is 0 Å². The molecule has 0 aliphatic carbocycles. The lowest BCUT2D eigenvalue weighted by molar-refractivity contribution is 0.0954. The molecule has 0 atom stereocenters. The molecule has 2 N–H and O–H groups in total. The van der Waals surface area contributed by atoms with Crippen LogP contribution in [0.1, 0.15) is 38.8 Å². The number of aromatic nitrogens is 1. The highest BCUT2D eigenvalue weighted by atomic mass is 16.5. The summed E-state index contributed by atoms with van der Waals surface area (Å²) in [6.07, 6.45) is 1.53. The summed E-state index contributed by atoms with van der Waals surface area (Å²) < 4.78 is 5.69. The van der Waals surface area contributed by atoms with Crippen LogP contribution >= 0.6 is 0 Å². The average Bonchev–Trinajstić information content (AvgIpc) is 2.75. The van der Waals surface area contributed by atoms with E-state index in [2.05, 4.69) is 15.6 Å². The third kappa shape index (κ3) is 5.42. The highest BCUT2D eigenvalue weighted by molar-refractivity contribution is 6.05. The van der Waals surface area contributed by atoms with Crippen molar-refractivity contribution in [3.8, 4) is 5.88 Å². The van der Waals surface area contributed by atoms with Gasteiger partial charge in [-0.3, -0.25) is 9.59 Å². The van der Waals surface area contributed by atoms with E-state index < -0.39 is 0 Å². The molecule has 29 heavy (non-hydrogen) atoms. The van der Waals surface area contributed by atoms with E-state index in [0.29, 0.717) is 35.8 Å². The smallest absolute Gasteiger partial charge is 0.255 e. The Hall–Kier alpha value is -3.67. The lowest BCUT2D eigenvalue weighted by Crippen LogP contribution is -2.23. The second-order valence-electron chi connectivity index (χ2n) is 6.50. The summed E-state index contributed by atoms with van der Waals surface area (Å²) in [6.45, 7) is 4.64. The van der Waals surface area contributed by atoms with Crippen LogP contribution in [0, 0.1) is 6.92 Å². The van der Waals surface area contributed by atoms with Crippen molar-refractivity contribution in [3.05, 3.63) is 89.1 Å². The van der Waals surface area contributed by atoms with Crippen molar-refractivity contribution < 1.29 is 14.3 Å². The van der Waals surface area contributed by atoms with E-state index in [9.17, 15) is 9.59 Å². The van der Waals surface area contributed by atoms with Gasteiger partial charge in [0.15, 0.2) is 0 Å². The summed E-state index contributed by atoms with van der Waals surface area (Å²) in [5, 5.41) is 5.61. The Kier molecular flexibility index (Phi) is 6.58. The van der Waals surface area contributed by atoms with Crippen LogP contribution in [0.5, 0.6) is 5.88 Å². The van der Waals surface area contributed by atoms with Gasteiger partial charge in [-0.25, -0.2) is 4.98 Å². The molecular formula is C23H23N3O3. The molecule has 0 aliphatic rings. The van der Waals surface area contributed by atoms with Crippen LogP contribution in [0.3, 0.4) is 0 Å². The maximum Gasteiger partial charge on any atom is 0.255 e. The minimum absolute atomic E-state index is 0.177. The van der Waals surface area contributed by atoms with Crippen molar-refractivity contribution in [3.63, 3.8) is 0 Å². The molecule has 0 saturated carbocycles. The predicted molar refractivity (Wildman–Crippen MR) is 112 cm³/mol. The molecule has 1 heterocycles. The van der Waals surface area contributed by atoms with Crippen molar-refractivity contribution >= 4 is 17.5 Å². The molecule has 1 aromatic heterocycles. The summed E-state index contributed by atoms with van der Waals surface area (Å²) in [5.74, 6) is -0.106. The van der Waals surface area contributed by atoms with Crippen LogP contribution in [0.4, 0.5) is 5.69 Å². The molecule has 0 unspecified atom stereocenters. The predicted octanol–water partition coefficient (Wildman–Crippen LogP) is 3.97. The summed E-state index contributed by atoms with van der Waals surface area (Å²) in [7, 11) is 0. The first-order valence-electron chi connectivity index (χ1n) is 9.40. The monoisotopic (exact) mass is 389 g/mol. The molecule has 148 valence electrons. The summed E-state index contributed by atoms with van der Waals surface area (Å²) in [6, 6.07) is 18.2. The third-order valence-corrected chi connectivity index (χ3v) is 4.31. The number of ether oxygens (including phenoxy) is 1. The molecule has 6 nitrogen and oxygen atoms in total. The maximum absolute atomic E-state index is 12.7. The number of carbonyl (C=O) groups excluding carboxylic acids is 2. The van der Waals surface area contributed by atoms with E-state index in [1.807, 2.05) is 44.2 Å². The van der Waals surface area contributed by atoms with Crippen molar-refractivity contribution in [2.75, 3.05) is 11.9 Å². The molecule has 0 radical (unpaired) electrons. The molecule has 0 fully saturated rings. The summed E-state index contributed by atoms with van der Waals surface area (Å²) in [5.41, 5.74) is 3.38. The lowest BCUT2D eigenvalue weighted by Gasteiger charge is -2.11. The standard InChI is InChI=1S/C23H23N3O3/c1-3-24-22(27)18-10-9-16(2)20(13-18)26-23(28)19-11-12-25-21(14-19)29-15-17-7-5-4-6-8-17/h4-14H,3,15H2,1-2H3,(H,24,27)(H,26,28). The zero-order valence-corrected chi connectivity index (χ0v) is 16.4. The van der Waals surface area contributed by atoms with Gasteiger partial charge in [0.25, 0.3) is 11.8 Å². The average molecular weight is 389 g/mol. The highest BCUT2D eigenvalue weighted by Gasteiger charge is 2.12. The van der Waals surface area contributed by atoms with Crippen LogP contribution in [0.15, 0.2) is 66.9 Å². The molecule has 0 saturated heterocycles. The normalized spacial score (nSPS) is 10.3. The zero-order chi connectivity index (χ0) is 20.6. The van der Waals surface area contributed by atoms with Crippen LogP contribution in [0.25, 0.3) is 0 Å². The van der Waals surface area contributed by atoms with Crippen molar-refractivity contribution in [2.24, 2.45) is 0 Å². The molecule has 2 amide bonds. The number of hydrogen-bond donors (Lipinski definition) is 2. The molecular weight excluding hydrogens is 366 g/mol. The number of nitrogens with one attached hydrogen (secondary N) is 2. The fraction of sp³-hybridized carbons (Fsp3) is 0.174. The quantitative estimate of drug-likeness (QED) is 0.641. The second-order valence-corrected chi connectivity index (χ2v) is 6.50. The highest BCUT2D eigenvalue weighted by Crippen LogP contribution is 2.19. The van der Waals surface area contributed by atoms with Gasteiger partial charge >= 0.3 is 0 Å². The lowest BCUT2D eigenvalue weighted by atomic mass is 10.1. The molecule has 0 aliphatic heterocycles. The molecule has 2 aromatic carbocycles. The fourth-order valence-electron chi connectivity index (χ4n) is 2.72. The third-order valence-electron chi connectivity index (χ3n) is 4.31. The number of anilines is 1. The van der Waals surface area contributed by atoms with E-state index in [1.165, 1.54) is 6.20 Å². The van der Waals surface area contributed by atoms with Crippen LogP contribution in [-0.4, -0.2) is 23.3 Å². The first kappa shape index (κ1) is 20.1. The Balaban J connectivity index is 1.71. The van der Waals surface area contributed by atoms with Crippen LogP contribution in [0.2, 0.25) is 0 Å². The number of aryl methyl sites for hydroxylation is 1. The number of rotatable bonds is 7. The molecule has 0 bridgehead atoms. The Morgan fingerprint density at radius 2 is 1.72 bits per heavy atom. The Morgan fingerprint density at radius 3 is 2.48 bits per heavy atom. The van der Waals surface area contributed by atoms with Crippen LogP contribution < -0.4 is 15.4 Å². The number of nitrogens with zero attached hydrogens (tertiary/aromatic N) is 1. The Morgan fingerprint density at radius 1 is 0.966 bits per heavy atom. The maximum atomic E-state index is 12.7. The second kappa shape index (κ2) is 9.50. The van der Waals surface area contributed by atoms with Gasteiger partial charge in [-0.2, -0.15) is 0 Å². The molecule has 3 rings (SSSR count). The number of carbonyl (C=O) groups is 2. The number of hydrogen-bond acceptors (Lipinski definition) is 4. The zero-order valence-electron chi connectivity index (χ0n) is 16.4. The first-order chi connectivity index (χ1) is 14.1. The fourth-order valence-corrected chi connectivity index (χ4v) is 2.72.